The smallest absolute Gasteiger partial charge is 0.129 e. The largest absolute Gasteiger partial charge is 0.494 e. The van der Waals surface area contributed by atoms with E-state index in [0.29, 0.717) is 18.4 Å². The van der Waals surface area contributed by atoms with E-state index in [1.807, 2.05) is 13.0 Å². The molecule has 1 aliphatic carbocycles. The zero-order chi connectivity index (χ0) is 18.5. The van der Waals surface area contributed by atoms with E-state index in [1.165, 1.54) is 36.1 Å². The normalized spacial score (nSPS) is 16.4. The van der Waals surface area contributed by atoms with Gasteiger partial charge in [0.1, 0.15) is 17.4 Å². The van der Waals surface area contributed by atoms with Crippen LogP contribution in [0.2, 0.25) is 0 Å². The molecule has 0 spiro atoms. The SMILES string of the molecule is CCCCCOc1ccc2c(c1)CCC(c1c(F)cc(CC)cc1F)C2. The molecule has 1 unspecified atom stereocenters. The Hall–Kier alpha value is -1.90. The van der Waals surface area contributed by atoms with Crippen LogP contribution in [-0.2, 0) is 19.3 Å². The van der Waals surface area contributed by atoms with Gasteiger partial charge in [0.2, 0.25) is 0 Å². The minimum absolute atomic E-state index is 0.0928. The highest BCUT2D eigenvalue weighted by Crippen LogP contribution is 2.37. The summed E-state index contributed by atoms with van der Waals surface area (Å²) in [5.41, 5.74) is 3.40. The molecule has 0 N–H and O–H groups in total. The summed E-state index contributed by atoms with van der Waals surface area (Å²) in [6.07, 6.45) is 6.36. The zero-order valence-corrected chi connectivity index (χ0v) is 15.8. The van der Waals surface area contributed by atoms with E-state index < -0.39 is 11.6 Å². The van der Waals surface area contributed by atoms with E-state index in [0.717, 1.165) is 31.6 Å². The number of fused-ring (bicyclic) bond motifs is 1. The third kappa shape index (κ3) is 4.25. The van der Waals surface area contributed by atoms with Gasteiger partial charge in [-0.3, -0.25) is 0 Å². The number of halogens is 2. The third-order valence-electron chi connectivity index (χ3n) is 5.38. The zero-order valence-electron chi connectivity index (χ0n) is 15.8. The van der Waals surface area contributed by atoms with Gasteiger partial charge in [-0.1, -0.05) is 32.8 Å². The molecule has 2 aromatic rings. The van der Waals surface area contributed by atoms with Crippen molar-refractivity contribution in [2.24, 2.45) is 0 Å². The molecule has 0 saturated heterocycles. The Bertz CT molecular complexity index is 731. The van der Waals surface area contributed by atoms with Crippen molar-refractivity contribution >= 4 is 0 Å². The number of unbranched alkanes of at least 4 members (excludes halogenated alkanes) is 2. The first-order valence-electron chi connectivity index (χ1n) is 9.84. The predicted octanol–water partition coefficient (Wildman–Crippen LogP) is 6.37. The van der Waals surface area contributed by atoms with Crippen LogP contribution in [0.25, 0.3) is 0 Å². The van der Waals surface area contributed by atoms with Gasteiger partial charge in [-0.15, -0.1) is 0 Å². The lowest BCUT2D eigenvalue weighted by atomic mass is 9.79. The Morgan fingerprint density at radius 2 is 1.77 bits per heavy atom. The standard InChI is InChI=1S/C23H28F2O/c1-3-5-6-11-26-20-10-9-17-14-19(8-7-18(17)15-20)23-21(24)12-16(4-2)13-22(23)25/h9-10,12-13,15,19H,3-8,11,14H2,1-2H3. The van der Waals surface area contributed by atoms with Gasteiger partial charge in [-0.05, 0) is 79.0 Å². The Labute approximate surface area is 155 Å². The molecule has 2 aromatic carbocycles. The number of hydrogen-bond donors (Lipinski definition) is 0. The summed E-state index contributed by atoms with van der Waals surface area (Å²) >= 11 is 0. The van der Waals surface area contributed by atoms with Crippen molar-refractivity contribution in [3.63, 3.8) is 0 Å². The highest BCUT2D eigenvalue weighted by molar-refractivity contribution is 5.40. The molecular weight excluding hydrogens is 330 g/mol. The number of benzene rings is 2. The molecular formula is C23H28F2O. The van der Waals surface area contributed by atoms with Crippen LogP contribution in [0, 0.1) is 11.6 Å². The number of ether oxygens (including phenoxy) is 1. The van der Waals surface area contributed by atoms with E-state index in [2.05, 4.69) is 19.1 Å². The van der Waals surface area contributed by atoms with Gasteiger partial charge >= 0.3 is 0 Å². The second kappa shape index (κ2) is 8.66. The molecule has 140 valence electrons. The van der Waals surface area contributed by atoms with Crippen LogP contribution in [-0.4, -0.2) is 6.61 Å². The van der Waals surface area contributed by atoms with Gasteiger partial charge in [-0.25, -0.2) is 8.78 Å². The predicted molar refractivity (Wildman–Crippen MR) is 102 cm³/mol. The Balaban J connectivity index is 1.72. The van der Waals surface area contributed by atoms with Gasteiger partial charge in [0.25, 0.3) is 0 Å². The van der Waals surface area contributed by atoms with Crippen LogP contribution >= 0.6 is 0 Å². The monoisotopic (exact) mass is 358 g/mol. The van der Waals surface area contributed by atoms with Crippen LogP contribution in [0.3, 0.4) is 0 Å². The van der Waals surface area contributed by atoms with Crippen LogP contribution in [0.15, 0.2) is 30.3 Å². The fourth-order valence-corrected chi connectivity index (χ4v) is 3.84. The molecule has 26 heavy (non-hydrogen) atoms. The molecule has 3 heteroatoms. The minimum Gasteiger partial charge on any atom is -0.494 e. The molecule has 0 radical (unpaired) electrons. The molecule has 0 aliphatic heterocycles. The lowest BCUT2D eigenvalue weighted by Crippen LogP contribution is -2.16. The van der Waals surface area contributed by atoms with Crippen molar-refractivity contribution in [2.45, 2.75) is 64.7 Å². The van der Waals surface area contributed by atoms with Gasteiger partial charge in [0.05, 0.1) is 6.61 Å². The van der Waals surface area contributed by atoms with Crippen molar-refractivity contribution in [3.8, 4) is 5.75 Å². The number of aryl methyl sites for hydroxylation is 2. The summed E-state index contributed by atoms with van der Waals surface area (Å²) in [5, 5.41) is 0. The first-order valence-corrected chi connectivity index (χ1v) is 9.84. The molecule has 0 heterocycles. The van der Waals surface area contributed by atoms with Gasteiger partial charge in [0.15, 0.2) is 0 Å². The first kappa shape index (κ1) is 18.9. The summed E-state index contributed by atoms with van der Waals surface area (Å²) in [5.74, 6) is 0.0186. The topological polar surface area (TPSA) is 9.23 Å². The van der Waals surface area contributed by atoms with Crippen LogP contribution in [0.4, 0.5) is 8.78 Å². The lowest BCUT2D eigenvalue weighted by Gasteiger charge is -2.26. The third-order valence-corrected chi connectivity index (χ3v) is 5.38. The van der Waals surface area contributed by atoms with Crippen molar-refractivity contribution in [2.75, 3.05) is 6.61 Å². The first-order chi connectivity index (χ1) is 12.6. The van der Waals surface area contributed by atoms with E-state index in [4.69, 9.17) is 4.74 Å². The van der Waals surface area contributed by atoms with E-state index >= 15 is 0 Å². The van der Waals surface area contributed by atoms with Gasteiger partial charge in [0, 0.05) is 5.56 Å². The van der Waals surface area contributed by atoms with E-state index in [9.17, 15) is 8.78 Å². The fraction of sp³-hybridized carbons (Fsp3) is 0.478. The quantitative estimate of drug-likeness (QED) is 0.523. The second-order valence-electron chi connectivity index (χ2n) is 7.25. The number of rotatable bonds is 7. The summed E-state index contributed by atoms with van der Waals surface area (Å²) in [6.45, 7) is 4.83. The minimum atomic E-state index is -0.397. The Morgan fingerprint density at radius 1 is 1.00 bits per heavy atom. The average molecular weight is 358 g/mol. The van der Waals surface area contributed by atoms with E-state index in [-0.39, 0.29) is 11.5 Å². The molecule has 0 amide bonds. The number of hydrogen-bond acceptors (Lipinski definition) is 1. The molecule has 1 nitrogen and oxygen atoms in total. The summed E-state index contributed by atoms with van der Waals surface area (Å²) in [6, 6.07) is 9.12. The molecule has 1 atom stereocenters. The highest BCUT2D eigenvalue weighted by Gasteiger charge is 2.26. The lowest BCUT2D eigenvalue weighted by molar-refractivity contribution is 0.305. The van der Waals surface area contributed by atoms with Crippen LogP contribution in [0.1, 0.15) is 67.7 Å². The van der Waals surface area contributed by atoms with Crippen molar-refractivity contribution < 1.29 is 13.5 Å². The van der Waals surface area contributed by atoms with E-state index in [1.54, 1.807) is 0 Å². The maximum Gasteiger partial charge on any atom is 0.129 e. The van der Waals surface area contributed by atoms with Gasteiger partial charge in [-0.2, -0.15) is 0 Å². The molecule has 0 bridgehead atoms. The summed E-state index contributed by atoms with van der Waals surface area (Å²) in [4.78, 5) is 0. The maximum absolute atomic E-state index is 14.5. The molecule has 0 aromatic heterocycles. The Kier molecular flexibility index (Phi) is 6.29. The Morgan fingerprint density at radius 3 is 2.46 bits per heavy atom. The molecule has 3 rings (SSSR count). The highest BCUT2D eigenvalue weighted by atomic mass is 19.1. The van der Waals surface area contributed by atoms with Crippen molar-refractivity contribution in [3.05, 3.63) is 64.2 Å². The maximum atomic E-state index is 14.5. The van der Waals surface area contributed by atoms with Gasteiger partial charge < -0.3 is 4.74 Å². The van der Waals surface area contributed by atoms with Crippen molar-refractivity contribution in [1.82, 2.24) is 0 Å². The van der Waals surface area contributed by atoms with Crippen molar-refractivity contribution in [1.29, 1.82) is 0 Å². The molecule has 0 saturated carbocycles. The van der Waals surface area contributed by atoms with Crippen LogP contribution < -0.4 is 4.74 Å². The summed E-state index contributed by atoms with van der Waals surface area (Å²) < 4.78 is 34.8. The second-order valence-corrected chi connectivity index (χ2v) is 7.25. The summed E-state index contributed by atoms with van der Waals surface area (Å²) in [7, 11) is 0. The van der Waals surface area contributed by atoms with Crippen LogP contribution in [0.5, 0.6) is 5.75 Å². The molecule has 0 fully saturated rings. The fourth-order valence-electron chi connectivity index (χ4n) is 3.84. The molecule has 1 aliphatic rings. The average Bonchev–Trinajstić information content (AvgIpc) is 2.64.